The van der Waals surface area contributed by atoms with E-state index in [4.69, 9.17) is 5.11 Å². The van der Waals surface area contributed by atoms with E-state index in [2.05, 4.69) is 16.6 Å². The maximum Gasteiger partial charge on any atom is 0.407 e. The molecule has 0 unspecified atom stereocenters. The number of fused-ring (bicyclic) bond motifs is 1. The molecule has 6 nitrogen and oxygen atoms in total. The first kappa shape index (κ1) is 10.6. The number of hydrogen-bond donors (Lipinski definition) is 2. The van der Waals surface area contributed by atoms with Crippen molar-refractivity contribution in [3.05, 3.63) is 17.5 Å². The second kappa shape index (κ2) is 3.73. The lowest BCUT2D eigenvalue weighted by atomic mass is 10.0. The number of hydrogen-bond acceptors (Lipinski definition) is 3. The molecule has 1 fully saturated rings. The van der Waals surface area contributed by atoms with Gasteiger partial charge in [-0.05, 0) is 18.9 Å². The van der Waals surface area contributed by atoms with Crippen molar-refractivity contribution in [3.8, 4) is 0 Å². The number of rotatable bonds is 1. The average molecular weight is 236 g/mol. The van der Waals surface area contributed by atoms with Gasteiger partial charge in [-0.3, -0.25) is 9.58 Å². The van der Waals surface area contributed by atoms with E-state index in [-0.39, 0.29) is 6.04 Å². The Morgan fingerprint density at radius 2 is 2.35 bits per heavy atom. The van der Waals surface area contributed by atoms with Crippen LogP contribution in [0.2, 0.25) is 0 Å². The van der Waals surface area contributed by atoms with Crippen LogP contribution in [-0.4, -0.2) is 45.0 Å². The largest absolute Gasteiger partial charge is 0.465 e. The van der Waals surface area contributed by atoms with Gasteiger partial charge >= 0.3 is 6.09 Å². The number of carboxylic acid groups (broad SMARTS) is 1. The summed E-state index contributed by atoms with van der Waals surface area (Å²) in [6.07, 6.45) is 1.99. The van der Waals surface area contributed by atoms with E-state index in [0.29, 0.717) is 12.6 Å². The number of carbonyl (C=O) groups is 1. The highest BCUT2D eigenvalue weighted by atomic mass is 16.4. The zero-order chi connectivity index (χ0) is 12.0. The molecule has 1 aromatic heterocycles. The molecule has 3 heterocycles. The van der Waals surface area contributed by atoms with Crippen molar-refractivity contribution in [3.63, 3.8) is 0 Å². The molecule has 0 bridgehead atoms. The van der Waals surface area contributed by atoms with E-state index in [1.807, 2.05) is 11.6 Å². The molecule has 2 aliphatic heterocycles. The molecule has 0 aliphatic carbocycles. The number of aromatic nitrogens is 2. The Morgan fingerprint density at radius 3 is 2.94 bits per heavy atom. The molecular weight excluding hydrogens is 220 g/mol. The highest BCUT2D eigenvalue weighted by molar-refractivity contribution is 5.66. The fourth-order valence-corrected chi connectivity index (χ4v) is 2.42. The maximum atomic E-state index is 11.1. The van der Waals surface area contributed by atoms with Gasteiger partial charge in [0, 0.05) is 25.3 Å². The van der Waals surface area contributed by atoms with Gasteiger partial charge in [-0.1, -0.05) is 0 Å². The first-order valence-corrected chi connectivity index (χ1v) is 5.92. The Labute approximate surface area is 99.2 Å². The van der Waals surface area contributed by atoms with Gasteiger partial charge in [0.2, 0.25) is 0 Å². The van der Waals surface area contributed by atoms with Crippen LogP contribution >= 0.6 is 0 Å². The number of amides is 1. The first-order valence-electron chi connectivity index (χ1n) is 5.92. The third-order valence-corrected chi connectivity index (χ3v) is 3.64. The van der Waals surface area contributed by atoms with Crippen molar-refractivity contribution in [2.75, 3.05) is 13.1 Å². The third kappa shape index (κ3) is 1.68. The van der Waals surface area contributed by atoms with Crippen LogP contribution in [0.25, 0.3) is 0 Å². The van der Waals surface area contributed by atoms with Crippen LogP contribution in [0.4, 0.5) is 4.79 Å². The van der Waals surface area contributed by atoms with Crippen molar-refractivity contribution >= 4 is 6.09 Å². The zero-order valence-electron chi connectivity index (χ0n) is 9.76. The van der Waals surface area contributed by atoms with E-state index in [9.17, 15) is 4.79 Å². The van der Waals surface area contributed by atoms with Crippen LogP contribution in [0.5, 0.6) is 0 Å². The van der Waals surface area contributed by atoms with E-state index in [1.54, 1.807) is 0 Å². The molecule has 1 aromatic rings. The molecule has 0 radical (unpaired) electrons. The molecular formula is C11H16N4O2. The Kier molecular flexibility index (Phi) is 2.32. The summed E-state index contributed by atoms with van der Waals surface area (Å²) < 4.78 is 1.99. The van der Waals surface area contributed by atoms with Gasteiger partial charge in [-0.25, -0.2) is 4.79 Å². The maximum absolute atomic E-state index is 11.1. The van der Waals surface area contributed by atoms with Crippen molar-refractivity contribution in [1.82, 2.24) is 20.0 Å². The highest BCUT2D eigenvalue weighted by Crippen LogP contribution is 2.24. The Bertz CT molecular complexity index is 452. The Hall–Kier alpha value is -1.56. The van der Waals surface area contributed by atoms with E-state index in [0.717, 1.165) is 25.2 Å². The predicted octanol–water partition coefficient (Wildman–Crippen LogP) is 0.452. The van der Waals surface area contributed by atoms with Crippen LogP contribution in [0.3, 0.4) is 0 Å². The van der Waals surface area contributed by atoms with Crippen molar-refractivity contribution in [1.29, 1.82) is 0 Å². The summed E-state index contributed by atoms with van der Waals surface area (Å²) in [6.45, 7) is 4.27. The first-order chi connectivity index (χ1) is 8.15. The summed E-state index contributed by atoms with van der Waals surface area (Å²) in [4.78, 5) is 12.5. The molecule has 0 saturated carbocycles. The minimum atomic E-state index is -0.858. The molecule has 1 amide bonds. The molecule has 92 valence electrons. The van der Waals surface area contributed by atoms with E-state index < -0.39 is 6.09 Å². The van der Waals surface area contributed by atoms with Crippen LogP contribution in [-0.2, 0) is 13.0 Å². The molecule has 1 saturated heterocycles. The van der Waals surface area contributed by atoms with Crippen molar-refractivity contribution in [2.45, 2.75) is 32.0 Å². The van der Waals surface area contributed by atoms with Crippen LogP contribution in [0, 0.1) is 0 Å². The summed E-state index contributed by atoms with van der Waals surface area (Å²) in [5.74, 6) is 0. The standard InChI is InChI=1S/C11H16N4O2/c1-7-2-8-5-15(9-3-12-4-9)13-10(8)6-14(7)11(16)17/h5,7,9,12H,2-4,6H2,1H3,(H,16,17)/t7-/m1/s1. The van der Waals surface area contributed by atoms with Gasteiger partial charge in [0.25, 0.3) is 0 Å². The number of nitrogens with zero attached hydrogens (tertiary/aromatic N) is 3. The van der Waals surface area contributed by atoms with Gasteiger partial charge < -0.3 is 10.4 Å². The monoisotopic (exact) mass is 236 g/mol. The minimum absolute atomic E-state index is 0.0390. The molecule has 2 aliphatic rings. The van der Waals surface area contributed by atoms with Gasteiger partial charge in [-0.2, -0.15) is 5.10 Å². The van der Waals surface area contributed by atoms with E-state index in [1.165, 1.54) is 10.5 Å². The van der Waals surface area contributed by atoms with Gasteiger partial charge in [0.05, 0.1) is 18.3 Å². The topological polar surface area (TPSA) is 70.4 Å². The Balaban J connectivity index is 1.86. The average Bonchev–Trinajstić information content (AvgIpc) is 2.55. The smallest absolute Gasteiger partial charge is 0.407 e. The quantitative estimate of drug-likeness (QED) is 0.743. The predicted molar refractivity (Wildman–Crippen MR) is 60.9 cm³/mol. The normalized spacial score (nSPS) is 24.3. The second-order valence-corrected chi connectivity index (χ2v) is 4.86. The lowest BCUT2D eigenvalue weighted by Crippen LogP contribution is -2.43. The fourth-order valence-electron chi connectivity index (χ4n) is 2.42. The minimum Gasteiger partial charge on any atom is -0.465 e. The summed E-state index contributed by atoms with van der Waals surface area (Å²) in [5, 5.41) is 16.8. The number of nitrogens with one attached hydrogen (secondary N) is 1. The summed E-state index contributed by atoms with van der Waals surface area (Å²) in [6, 6.07) is 0.478. The second-order valence-electron chi connectivity index (χ2n) is 4.86. The summed E-state index contributed by atoms with van der Waals surface area (Å²) in [5.41, 5.74) is 2.11. The molecule has 0 aromatic carbocycles. The SMILES string of the molecule is C[C@@H]1Cc2cn(C3CNC3)nc2CN1C(=O)O. The molecule has 6 heteroatoms. The lowest BCUT2D eigenvalue weighted by Gasteiger charge is -2.29. The summed E-state index contributed by atoms with van der Waals surface area (Å²) >= 11 is 0. The van der Waals surface area contributed by atoms with Gasteiger partial charge in [0.15, 0.2) is 0 Å². The van der Waals surface area contributed by atoms with Crippen molar-refractivity contribution < 1.29 is 9.90 Å². The van der Waals surface area contributed by atoms with Crippen LogP contribution < -0.4 is 5.32 Å². The van der Waals surface area contributed by atoms with Crippen molar-refractivity contribution in [2.24, 2.45) is 0 Å². The van der Waals surface area contributed by atoms with Gasteiger partial charge in [-0.15, -0.1) is 0 Å². The Morgan fingerprint density at radius 1 is 1.59 bits per heavy atom. The molecule has 17 heavy (non-hydrogen) atoms. The molecule has 1 atom stereocenters. The van der Waals surface area contributed by atoms with Crippen LogP contribution in [0.1, 0.15) is 24.2 Å². The molecule has 3 rings (SSSR count). The van der Waals surface area contributed by atoms with Gasteiger partial charge in [0.1, 0.15) is 0 Å². The zero-order valence-corrected chi connectivity index (χ0v) is 9.76. The van der Waals surface area contributed by atoms with Crippen LogP contribution in [0.15, 0.2) is 6.20 Å². The van der Waals surface area contributed by atoms with E-state index >= 15 is 0 Å². The summed E-state index contributed by atoms with van der Waals surface area (Å²) in [7, 11) is 0. The molecule has 0 spiro atoms. The fraction of sp³-hybridized carbons (Fsp3) is 0.636. The highest BCUT2D eigenvalue weighted by Gasteiger charge is 2.30. The third-order valence-electron chi connectivity index (χ3n) is 3.64. The lowest BCUT2D eigenvalue weighted by molar-refractivity contribution is 0.118. The molecule has 2 N–H and O–H groups in total.